The number of alkyl halides is 3. The van der Waals surface area contributed by atoms with Gasteiger partial charge in [0.2, 0.25) is 0 Å². The van der Waals surface area contributed by atoms with Gasteiger partial charge in [0.1, 0.15) is 0 Å². The molecule has 0 aromatic heterocycles. The van der Waals surface area contributed by atoms with Crippen LogP contribution in [0.2, 0.25) is 0 Å². The molecule has 0 spiro atoms. The van der Waals surface area contributed by atoms with Gasteiger partial charge in [0, 0.05) is 0 Å². The minimum Gasteiger partial charge on any atom is -0.171 e. The first-order valence-corrected chi connectivity index (χ1v) is 4.73. The maximum Gasteiger partial charge on any atom is 0.392 e. The number of allylic oxidation sites excluding steroid dienone is 1. The predicted molar refractivity (Wildman–Crippen MR) is 46.3 cm³/mol. The predicted octanol–water partition coefficient (Wildman–Crippen LogP) is 3.93. The molecule has 1 aliphatic rings. The van der Waals surface area contributed by atoms with Crippen LogP contribution in [0.3, 0.4) is 0 Å². The van der Waals surface area contributed by atoms with Crippen molar-refractivity contribution >= 4 is 0 Å². The van der Waals surface area contributed by atoms with Crippen LogP contribution >= 0.6 is 0 Å². The average Bonchev–Trinajstić information content (AvgIpc) is 2.04. The molecule has 0 heterocycles. The van der Waals surface area contributed by atoms with E-state index in [1.54, 1.807) is 6.08 Å². The van der Waals surface area contributed by atoms with Gasteiger partial charge in [0.25, 0.3) is 0 Å². The number of rotatable bonds is 2. The zero-order chi connectivity index (χ0) is 9.90. The molecular weight excluding hydrogens is 177 g/mol. The SMILES string of the molecule is C=CCC1CCCCC1C(F)(F)F. The second-order valence-electron chi connectivity index (χ2n) is 3.72. The highest BCUT2D eigenvalue weighted by Crippen LogP contribution is 2.42. The van der Waals surface area contributed by atoms with Crippen LogP contribution in [0.4, 0.5) is 13.2 Å². The van der Waals surface area contributed by atoms with Crippen molar-refractivity contribution in [2.45, 2.75) is 38.3 Å². The molecule has 13 heavy (non-hydrogen) atoms. The molecule has 0 saturated heterocycles. The summed E-state index contributed by atoms with van der Waals surface area (Å²) < 4.78 is 37.4. The van der Waals surface area contributed by atoms with Gasteiger partial charge < -0.3 is 0 Å². The van der Waals surface area contributed by atoms with E-state index >= 15 is 0 Å². The lowest BCUT2D eigenvalue weighted by Gasteiger charge is -2.32. The first-order chi connectivity index (χ1) is 6.05. The summed E-state index contributed by atoms with van der Waals surface area (Å²) in [6, 6.07) is 0. The molecule has 1 aliphatic carbocycles. The fourth-order valence-electron chi connectivity index (χ4n) is 2.13. The van der Waals surface area contributed by atoms with Crippen LogP contribution in [0.1, 0.15) is 32.1 Å². The summed E-state index contributed by atoms with van der Waals surface area (Å²) in [6.45, 7) is 3.50. The largest absolute Gasteiger partial charge is 0.392 e. The van der Waals surface area contributed by atoms with Crippen molar-refractivity contribution in [1.29, 1.82) is 0 Å². The first kappa shape index (κ1) is 10.6. The molecule has 0 aromatic rings. The van der Waals surface area contributed by atoms with Gasteiger partial charge in [-0.05, 0) is 25.2 Å². The topological polar surface area (TPSA) is 0 Å². The van der Waals surface area contributed by atoms with Crippen LogP contribution in [0.25, 0.3) is 0 Å². The Bertz CT molecular complexity index is 171. The van der Waals surface area contributed by atoms with E-state index in [-0.39, 0.29) is 5.92 Å². The van der Waals surface area contributed by atoms with Crippen molar-refractivity contribution in [1.82, 2.24) is 0 Å². The molecule has 0 nitrogen and oxygen atoms in total. The third-order valence-electron chi connectivity index (χ3n) is 2.80. The van der Waals surface area contributed by atoms with Gasteiger partial charge in [0.15, 0.2) is 0 Å². The monoisotopic (exact) mass is 192 g/mol. The zero-order valence-corrected chi connectivity index (χ0v) is 7.61. The minimum absolute atomic E-state index is 0.216. The van der Waals surface area contributed by atoms with E-state index < -0.39 is 12.1 Å². The van der Waals surface area contributed by atoms with Gasteiger partial charge in [-0.3, -0.25) is 0 Å². The van der Waals surface area contributed by atoms with Crippen LogP contribution in [0, 0.1) is 11.8 Å². The molecule has 1 rings (SSSR count). The molecule has 2 atom stereocenters. The van der Waals surface area contributed by atoms with E-state index in [0.29, 0.717) is 19.3 Å². The average molecular weight is 192 g/mol. The summed E-state index contributed by atoms with van der Waals surface area (Å²) in [5.74, 6) is -1.30. The lowest BCUT2D eigenvalue weighted by Crippen LogP contribution is -2.32. The van der Waals surface area contributed by atoms with E-state index in [9.17, 15) is 13.2 Å². The normalized spacial score (nSPS) is 30.1. The van der Waals surface area contributed by atoms with E-state index in [0.717, 1.165) is 12.8 Å². The number of halogens is 3. The van der Waals surface area contributed by atoms with E-state index in [4.69, 9.17) is 0 Å². The molecule has 0 bridgehead atoms. The van der Waals surface area contributed by atoms with Crippen molar-refractivity contribution in [3.8, 4) is 0 Å². The summed E-state index contributed by atoms with van der Waals surface area (Å²) >= 11 is 0. The summed E-state index contributed by atoms with van der Waals surface area (Å²) in [5, 5.41) is 0. The van der Waals surface area contributed by atoms with Gasteiger partial charge >= 0.3 is 6.18 Å². The molecule has 1 saturated carbocycles. The molecule has 2 unspecified atom stereocenters. The lowest BCUT2D eigenvalue weighted by molar-refractivity contribution is -0.195. The van der Waals surface area contributed by atoms with Crippen LogP contribution in [0.15, 0.2) is 12.7 Å². The van der Waals surface area contributed by atoms with E-state index in [1.165, 1.54) is 0 Å². The Morgan fingerprint density at radius 1 is 1.23 bits per heavy atom. The Hall–Kier alpha value is -0.470. The third-order valence-corrected chi connectivity index (χ3v) is 2.80. The fraction of sp³-hybridized carbons (Fsp3) is 0.800. The highest BCUT2D eigenvalue weighted by molar-refractivity contribution is 4.85. The second kappa shape index (κ2) is 4.16. The Morgan fingerprint density at radius 2 is 1.85 bits per heavy atom. The Morgan fingerprint density at radius 3 is 2.38 bits per heavy atom. The summed E-state index contributed by atoms with van der Waals surface area (Å²) in [5.41, 5.74) is 0. The summed E-state index contributed by atoms with van der Waals surface area (Å²) in [6.07, 6.45) is 0.772. The van der Waals surface area contributed by atoms with Crippen molar-refractivity contribution < 1.29 is 13.2 Å². The third kappa shape index (κ3) is 2.75. The van der Waals surface area contributed by atoms with Crippen molar-refractivity contribution in [3.05, 3.63) is 12.7 Å². The van der Waals surface area contributed by atoms with Crippen LogP contribution in [-0.2, 0) is 0 Å². The van der Waals surface area contributed by atoms with Gasteiger partial charge in [0.05, 0.1) is 5.92 Å². The van der Waals surface area contributed by atoms with Crippen LogP contribution in [0.5, 0.6) is 0 Å². The highest BCUT2D eigenvalue weighted by Gasteiger charge is 2.44. The summed E-state index contributed by atoms with van der Waals surface area (Å²) in [4.78, 5) is 0. The molecule has 0 amide bonds. The lowest BCUT2D eigenvalue weighted by atomic mass is 9.77. The van der Waals surface area contributed by atoms with Gasteiger partial charge in [-0.1, -0.05) is 18.9 Å². The maximum absolute atomic E-state index is 12.5. The fourth-order valence-corrected chi connectivity index (χ4v) is 2.13. The molecule has 0 N–H and O–H groups in total. The summed E-state index contributed by atoms with van der Waals surface area (Å²) in [7, 11) is 0. The minimum atomic E-state index is -4.01. The molecule has 3 heteroatoms. The van der Waals surface area contributed by atoms with Crippen molar-refractivity contribution in [2.75, 3.05) is 0 Å². The Kier molecular flexibility index (Phi) is 3.40. The quantitative estimate of drug-likeness (QED) is 0.581. The highest BCUT2D eigenvalue weighted by atomic mass is 19.4. The van der Waals surface area contributed by atoms with E-state index in [2.05, 4.69) is 6.58 Å². The van der Waals surface area contributed by atoms with E-state index in [1.807, 2.05) is 0 Å². The Balaban J connectivity index is 2.61. The van der Waals surface area contributed by atoms with Crippen LogP contribution in [-0.4, -0.2) is 6.18 Å². The molecule has 0 radical (unpaired) electrons. The number of hydrogen-bond acceptors (Lipinski definition) is 0. The van der Waals surface area contributed by atoms with Gasteiger partial charge in [-0.25, -0.2) is 0 Å². The van der Waals surface area contributed by atoms with Gasteiger partial charge in [-0.15, -0.1) is 6.58 Å². The van der Waals surface area contributed by atoms with Crippen molar-refractivity contribution in [3.63, 3.8) is 0 Å². The maximum atomic E-state index is 12.5. The molecule has 0 aliphatic heterocycles. The smallest absolute Gasteiger partial charge is 0.171 e. The second-order valence-corrected chi connectivity index (χ2v) is 3.72. The molecule has 76 valence electrons. The van der Waals surface area contributed by atoms with Crippen molar-refractivity contribution in [2.24, 2.45) is 11.8 Å². The van der Waals surface area contributed by atoms with Gasteiger partial charge in [-0.2, -0.15) is 13.2 Å². The molecule has 0 aromatic carbocycles. The first-order valence-electron chi connectivity index (χ1n) is 4.73. The van der Waals surface area contributed by atoms with Crippen LogP contribution < -0.4 is 0 Å². The molecular formula is C10H15F3. The Labute approximate surface area is 76.8 Å². The molecule has 1 fully saturated rings. The zero-order valence-electron chi connectivity index (χ0n) is 7.61. The standard InChI is InChI=1S/C10H15F3/c1-2-5-8-6-3-4-7-9(8)10(11,12)13/h2,8-9H,1,3-7H2. The number of hydrogen-bond donors (Lipinski definition) is 0.